The van der Waals surface area contributed by atoms with Gasteiger partial charge in [-0.25, -0.2) is 9.97 Å². The van der Waals surface area contributed by atoms with E-state index in [-0.39, 0.29) is 5.91 Å². The number of nitrogens with one attached hydrogen (secondary N) is 1. The summed E-state index contributed by atoms with van der Waals surface area (Å²) in [5.41, 5.74) is 2.87. The second kappa shape index (κ2) is 7.77. The summed E-state index contributed by atoms with van der Waals surface area (Å²) in [4.78, 5) is 20.9. The summed E-state index contributed by atoms with van der Waals surface area (Å²) in [6.45, 7) is 7.31. The number of nitrogens with zero attached hydrogens (tertiary/aromatic N) is 3. The minimum absolute atomic E-state index is 0.151. The number of rotatable bonds is 4. The average molecular weight is 405 g/mol. The van der Waals surface area contributed by atoms with Gasteiger partial charge in [0.2, 0.25) is 5.91 Å². The third-order valence-corrected chi connectivity index (χ3v) is 5.06. The van der Waals surface area contributed by atoms with Crippen molar-refractivity contribution in [3.8, 4) is 6.07 Å². The van der Waals surface area contributed by atoms with E-state index in [1.807, 2.05) is 25.1 Å². The van der Waals surface area contributed by atoms with E-state index < -0.39 is 5.25 Å². The molecule has 0 bridgehead atoms. The number of aryl methyl sites for hydroxylation is 3. The molecule has 1 heterocycles. The molecular weight excluding hydrogens is 388 g/mol. The Hall–Kier alpha value is -1.91. The number of carbonyl (C=O) groups is 1. The van der Waals surface area contributed by atoms with Gasteiger partial charge in [-0.05, 0) is 61.3 Å². The fraction of sp³-hybridized carbons (Fsp3) is 0.294. The van der Waals surface area contributed by atoms with Crippen LogP contribution in [0.3, 0.4) is 0 Å². The molecule has 0 saturated heterocycles. The van der Waals surface area contributed by atoms with E-state index in [9.17, 15) is 10.1 Å². The van der Waals surface area contributed by atoms with Gasteiger partial charge in [0, 0.05) is 4.47 Å². The summed E-state index contributed by atoms with van der Waals surface area (Å²) < 4.78 is 0.833. The van der Waals surface area contributed by atoms with Crippen molar-refractivity contribution in [1.82, 2.24) is 9.97 Å². The quantitative estimate of drug-likeness (QED) is 0.611. The van der Waals surface area contributed by atoms with E-state index in [2.05, 4.69) is 37.3 Å². The molecule has 2 rings (SSSR count). The number of anilines is 1. The van der Waals surface area contributed by atoms with Gasteiger partial charge in [0.15, 0.2) is 0 Å². The molecule has 0 fully saturated rings. The first-order valence-electron chi connectivity index (χ1n) is 7.31. The minimum atomic E-state index is -0.404. The molecule has 7 heteroatoms. The highest BCUT2D eigenvalue weighted by Gasteiger charge is 2.20. The van der Waals surface area contributed by atoms with Crippen LogP contribution >= 0.6 is 27.7 Å². The molecule has 1 aromatic heterocycles. The molecule has 24 heavy (non-hydrogen) atoms. The maximum absolute atomic E-state index is 12.4. The van der Waals surface area contributed by atoms with Gasteiger partial charge in [0.1, 0.15) is 22.5 Å². The third kappa shape index (κ3) is 4.34. The molecule has 1 amide bonds. The van der Waals surface area contributed by atoms with Gasteiger partial charge in [-0.3, -0.25) is 4.79 Å². The monoisotopic (exact) mass is 404 g/mol. The van der Waals surface area contributed by atoms with E-state index >= 15 is 0 Å². The molecule has 0 saturated carbocycles. The first kappa shape index (κ1) is 18.4. The van der Waals surface area contributed by atoms with Gasteiger partial charge in [0.25, 0.3) is 0 Å². The molecule has 0 aliphatic rings. The molecule has 1 atom stereocenters. The lowest BCUT2D eigenvalue weighted by molar-refractivity contribution is -0.115. The summed E-state index contributed by atoms with van der Waals surface area (Å²) in [5, 5.41) is 12.3. The van der Waals surface area contributed by atoms with Crippen LogP contribution < -0.4 is 5.32 Å². The summed E-state index contributed by atoms with van der Waals surface area (Å²) in [6, 6.07) is 7.85. The minimum Gasteiger partial charge on any atom is -0.324 e. The standard InChI is InChI=1S/C17H17BrN4OS/c1-9-5-6-15(14(18)7-9)22-16(23)11(3)24-17-13(8-19)10(2)20-12(4)21-17/h5-7,11H,1-4H3,(H,22,23). The van der Waals surface area contributed by atoms with Crippen LogP contribution in [0.1, 0.15) is 29.6 Å². The number of benzene rings is 1. The van der Waals surface area contributed by atoms with Crippen LogP contribution in [-0.2, 0) is 4.79 Å². The number of hydrogen-bond donors (Lipinski definition) is 1. The molecule has 5 nitrogen and oxygen atoms in total. The predicted molar refractivity (Wildman–Crippen MR) is 99.0 cm³/mol. The second-order valence-electron chi connectivity index (χ2n) is 5.38. The third-order valence-electron chi connectivity index (χ3n) is 3.32. The number of amides is 1. The van der Waals surface area contributed by atoms with E-state index in [1.165, 1.54) is 11.8 Å². The second-order valence-corrected chi connectivity index (χ2v) is 7.56. The Labute approximate surface area is 154 Å². The lowest BCUT2D eigenvalue weighted by atomic mass is 10.2. The van der Waals surface area contributed by atoms with Gasteiger partial charge in [-0.15, -0.1) is 0 Å². The Morgan fingerprint density at radius 1 is 1.33 bits per heavy atom. The van der Waals surface area contributed by atoms with Gasteiger partial charge in [-0.1, -0.05) is 17.8 Å². The largest absolute Gasteiger partial charge is 0.324 e. The molecule has 1 unspecified atom stereocenters. The van der Waals surface area contributed by atoms with Gasteiger partial charge >= 0.3 is 0 Å². The predicted octanol–water partition coefficient (Wildman–Crippen LogP) is 4.16. The van der Waals surface area contributed by atoms with Crippen molar-refractivity contribution in [1.29, 1.82) is 5.26 Å². The number of carbonyl (C=O) groups excluding carboxylic acids is 1. The molecule has 1 N–H and O–H groups in total. The number of halogens is 1. The summed E-state index contributed by atoms with van der Waals surface area (Å²) in [7, 11) is 0. The molecule has 1 aromatic carbocycles. The number of aromatic nitrogens is 2. The maximum atomic E-state index is 12.4. The zero-order chi connectivity index (χ0) is 17.9. The highest BCUT2D eigenvalue weighted by molar-refractivity contribution is 9.10. The normalized spacial score (nSPS) is 11.7. The van der Waals surface area contributed by atoms with Crippen molar-refractivity contribution in [2.75, 3.05) is 5.32 Å². The first-order chi connectivity index (χ1) is 11.3. The average Bonchev–Trinajstić information content (AvgIpc) is 2.49. The Kier molecular flexibility index (Phi) is 5.97. The Morgan fingerprint density at radius 2 is 2.04 bits per heavy atom. The van der Waals surface area contributed by atoms with Crippen LogP contribution in [0.5, 0.6) is 0 Å². The van der Waals surface area contributed by atoms with Gasteiger partial charge in [0.05, 0.1) is 16.6 Å². The van der Waals surface area contributed by atoms with E-state index in [0.717, 1.165) is 10.0 Å². The SMILES string of the molecule is Cc1ccc(NC(=O)C(C)Sc2nc(C)nc(C)c2C#N)c(Br)c1. The molecule has 0 aliphatic carbocycles. The first-order valence-corrected chi connectivity index (χ1v) is 8.98. The molecule has 0 spiro atoms. The van der Waals surface area contributed by atoms with Crippen LogP contribution in [0.2, 0.25) is 0 Å². The zero-order valence-electron chi connectivity index (χ0n) is 13.8. The summed E-state index contributed by atoms with van der Waals surface area (Å²) in [5.74, 6) is 0.435. The molecule has 2 aromatic rings. The fourth-order valence-corrected chi connectivity index (χ4v) is 3.66. The van der Waals surface area contributed by atoms with Gasteiger partial charge in [-0.2, -0.15) is 5.26 Å². The van der Waals surface area contributed by atoms with Crippen LogP contribution in [0.4, 0.5) is 5.69 Å². The lowest BCUT2D eigenvalue weighted by Gasteiger charge is -2.14. The van der Waals surface area contributed by atoms with E-state index in [1.54, 1.807) is 20.8 Å². The number of nitriles is 1. The highest BCUT2D eigenvalue weighted by Crippen LogP contribution is 2.28. The fourth-order valence-electron chi connectivity index (χ4n) is 2.07. The van der Waals surface area contributed by atoms with Crippen LogP contribution in [0.15, 0.2) is 27.7 Å². The van der Waals surface area contributed by atoms with Crippen molar-refractivity contribution >= 4 is 39.3 Å². The number of hydrogen-bond acceptors (Lipinski definition) is 5. The topological polar surface area (TPSA) is 78.7 Å². The Bertz CT molecular complexity index is 832. The van der Waals surface area contributed by atoms with E-state index in [0.29, 0.717) is 27.8 Å². The Morgan fingerprint density at radius 3 is 2.67 bits per heavy atom. The van der Waals surface area contributed by atoms with Crippen LogP contribution in [0, 0.1) is 32.1 Å². The van der Waals surface area contributed by atoms with Crippen molar-refractivity contribution in [2.45, 2.75) is 38.0 Å². The molecule has 124 valence electrons. The van der Waals surface area contributed by atoms with Crippen LogP contribution in [0.25, 0.3) is 0 Å². The smallest absolute Gasteiger partial charge is 0.237 e. The summed E-state index contributed by atoms with van der Waals surface area (Å²) in [6.07, 6.45) is 0. The van der Waals surface area contributed by atoms with Gasteiger partial charge < -0.3 is 5.32 Å². The Balaban J connectivity index is 2.16. The van der Waals surface area contributed by atoms with Crippen molar-refractivity contribution in [3.63, 3.8) is 0 Å². The summed E-state index contributed by atoms with van der Waals surface area (Å²) >= 11 is 4.71. The highest BCUT2D eigenvalue weighted by atomic mass is 79.9. The van der Waals surface area contributed by atoms with Crippen molar-refractivity contribution < 1.29 is 4.79 Å². The molecule has 0 radical (unpaired) electrons. The lowest BCUT2D eigenvalue weighted by Crippen LogP contribution is -2.23. The van der Waals surface area contributed by atoms with E-state index in [4.69, 9.17) is 0 Å². The van der Waals surface area contributed by atoms with Crippen molar-refractivity contribution in [2.24, 2.45) is 0 Å². The molecular formula is C17H17BrN4OS. The maximum Gasteiger partial charge on any atom is 0.237 e. The molecule has 0 aliphatic heterocycles. The van der Waals surface area contributed by atoms with Crippen molar-refractivity contribution in [3.05, 3.63) is 45.3 Å². The number of thioether (sulfide) groups is 1. The zero-order valence-corrected chi connectivity index (χ0v) is 16.2. The van der Waals surface area contributed by atoms with Crippen LogP contribution in [-0.4, -0.2) is 21.1 Å².